The summed E-state index contributed by atoms with van der Waals surface area (Å²) in [5, 5.41) is 10.6. The van der Waals surface area contributed by atoms with Crippen LogP contribution in [-0.4, -0.2) is 35.5 Å². The normalized spacial score (nSPS) is 13.5. The molecule has 2 heterocycles. The van der Waals surface area contributed by atoms with E-state index in [1.807, 2.05) is 0 Å². The zero-order chi connectivity index (χ0) is 26.2. The maximum atomic E-state index is 15.2. The van der Waals surface area contributed by atoms with Gasteiger partial charge in [0.2, 0.25) is 15.9 Å². The second kappa shape index (κ2) is 9.88. The van der Waals surface area contributed by atoms with E-state index in [-0.39, 0.29) is 27.1 Å². The van der Waals surface area contributed by atoms with Gasteiger partial charge in [0.25, 0.3) is 0 Å². The third-order valence-electron chi connectivity index (χ3n) is 5.82. The summed E-state index contributed by atoms with van der Waals surface area (Å²) in [5.41, 5.74) is 2.05. The number of aryl methyl sites for hydroxylation is 1. The number of sulfonamides is 1. The molecular weight excluding hydrogens is 513 g/mol. The molecule has 190 valence electrons. The second-order valence-corrected chi connectivity index (χ2v) is 10.3. The van der Waals surface area contributed by atoms with Crippen molar-refractivity contribution in [3.8, 4) is 17.0 Å². The van der Waals surface area contributed by atoms with E-state index in [1.54, 1.807) is 43.9 Å². The average molecular weight is 536 g/mol. The van der Waals surface area contributed by atoms with Crippen molar-refractivity contribution in [1.82, 2.24) is 24.7 Å². The van der Waals surface area contributed by atoms with E-state index in [0.29, 0.717) is 16.8 Å². The molecule has 0 unspecified atom stereocenters. The largest absolute Gasteiger partial charge is 0.495 e. The highest BCUT2D eigenvalue weighted by Gasteiger charge is 2.34. The van der Waals surface area contributed by atoms with Crippen molar-refractivity contribution < 1.29 is 22.0 Å². The molecule has 2 aromatic carbocycles. The van der Waals surface area contributed by atoms with E-state index >= 15 is 4.39 Å². The first-order chi connectivity index (χ1) is 17.0. The first-order valence-electron chi connectivity index (χ1n) is 10.7. The van der Waals surface area contributed by atoms with Gasteiger partial charge in [-0.05, 0) is 48.4 Å². The average Bonchev–Trinajstić information content (AvgIpc) is 3.45. The topological polar surface area (TPSA) is 132 Å². The van der Waals surface area contributed by atoms with Crippen LogP contribution in [0.4, 0.5) is 4.39 Å². The maximum Gasteiger partial charge on any atom is 0.434 e. The highest BCUT2D eigenvalue weighted by molar-refractivity contribution is 7.89. The van der Waals surface area contributed by atoms with Gasteiger partial charge in [-0.15, -0.1) is 5.10 Å². The molecule has 4 aromatic rings. The minimum absolute atomic E-state index is 0.00407. The fourth-order valence-electron chi connectivity index (χ4n) is 4.09. The highest BCUT2D eigenvalue weighted by atomic mass is 35.5. The molecule has 0 saturated carbocycles. The second-order valence-electron chi connectivity index (χ2n) is 8.14. The Kier molecular flexibility index (Phi) is 7.03. The molecule has 4 rings (SSSR count). The number of methoxy groups -OCH3 is 1. The molecule has 10 nitrogen and oxygen atoms in total. The highest BCUT2D eigenvalue weighted by Crippen LogP contribution is 2.38. The minimum atomic E-state index is -4.28. The van der Waals surface area contributed by atoms with Gasteiger partial charge < -0.3 is 9.15 Å². The molecule has 0 spiro atoms. The van der Waals surface area contributed by atoms with E-state index in [1.165, 1.54) is 31.4 Å². The van der Waals surface area contributed by atoms with Gasteiger partial charge in [0.15, 0.2) is 0 Å². The molecular formula is C23H23ClFN5O5S. The number of halogens is 2. The van der Waals surface area contributed by atoms with Crippen LogP contribution in [0.3, 0.4) is 0 Å². The number of ether oxygens (including phenoxy) is 1. The van der Waals surface area contributed by atoms with Crippen LogP contribution in [-0.2, 0) is 17.1 Å². The van der Waals surface area contributed by atoms with Crippen molar-refractivity contribution in [1.29, 1.82) is 0 Å². The molecule has 13 heteroatoms. The Balaban J connectivity index is 1.82. The zero-order valence-electron chi connectivity index (χ0n) is 19.7. The summed E-state index contributed by atoms with van der Waals surface area (Å²) >= 11 is 5.97. The van der Waals surface area contributed by atoms with E-state index in [2.05, 4.69) is 20.0 Å². The van der Waals surface area contributed by atoms with Gasteiger partial charge >= 0.3 is 5.76 Å². The van der Waals surface area contributed by atoms with Crippen LogP contribution in [0, 0.1) is 12.7 Å². The Hall–Kier alpha value is -3.48. The SMILES string of the molecule is COc1cc(Cl)ccc1S(=O)(=O)N[C@H](c1n[nH]c(=O)o1)[C@H](C)c1c(F)ccc(-c2ccn(C)n2)c1C. The maximum absolute atomic E-state index is 15.2. The lowest BCUT2D eigenvalue weighted by Gasteiger charge is -2.25. The van der Waals surface area contributed by atoms with Crippen molar-refractivity contribution in [2.45, 2.75) is 30.7 Å². The van der Waals surface area contributed by atoms with Gasteiger partial charge in [-0.2, -0.15) is 9.82 Å². The van der Waals surface area contributed by atoms with Crippen LogP contribution in [0.2, 0.25) is 5.02 Å². The summed E-state index contributed by atoms with van der Waals surface area (Å²) in [5.74, 6) is -2.57. The van der Waals surface area contributed by atoms with Crippen molar-refractivity contribution >= 4 is 21.6 Å². The number of hydrogen-bond acceptors (Lipinski definition) is 7. The molecule has 0 aliphatic heterocycles. The number of aromatic nitrogens is 4. The fourth-order valence-corrected chi connectivity index (χ4v) is 5.67. The van der Waals surface area contributed by atoms with E-state index in [9.17, 15) is 13.2 Å². The van der Waals surface area contributed by atoms with Gasteiger partial charge in [-0.1, -0.05) is 18.5 Å². The molecule has 0 amide bonds. The van der Waals surface area contributed by atoms with Gasteiger partial charge in [0.1, 0.15) is 22.5 Å². The first kappa shape index (κ1) is 25.6. The van der Waals surface area contributed by atoms with Crippen LogP contribution in [0.1, 0.15) is 35.9 Å². The number of rotatable bonds is 8. The van der Waals surface area contributed by atoms with Crippen LogP contribution < -0.4 is 15.2 Å². The molecule has 2 aromatic heterocycles. The summed E-state index contributed by atoms with van der Waals surface area (Å²) in [6.07, 6.45) is 1.76. The minimum Gasteiger partial charge on any atom is -0.495 e. The third-order valence-corrected chi connectivity index (χ3v) is 7.54. The van der Waals surface area contributed by atoms with Crippen molar-refractivity contribution in [2.24, 2.45) is 7.05 Å². The van der Waals surface area contributed by atoms with Crippen molar-refractivity contribution in [3.63, 3.8) is 0 Å². The van der Waals surface area contributed by atoms with E-state index < -0.39 is 33.6 Å². The number of hydrogen-bond donors (Lipinski definition) is 2. The van der Waals surface area contributed by atoms with E-state index in [0.717, 1.165) is 0 Å². The number of nitrogens with one attached hydrogen (secondary N) is 2. The predicted octanol–water partition coefficient (Wildman–Crippen LogP) is 3.70. The zero-order valence-corrected chi connectivity index (χ0v) is 21.3. The van der Waals surface area contributed by atoms with Crippen molar-refractivity contribution in [3.05, 3.63) is 81.0 Å². The molecule has 0 bridgehead atoms. The molecule has 2 atom stereocenters. The standard InChI is InChI=1S/C23H23ClFN5O5S/c1-12-15(17-9-10-30(3)28-17)6-7-16(25)20(12)13(2)21(22-26-27-23(31)35-22)29-36(32,33)19-8-5-14(24)11-18(19)34-4/h5-11,13,21,29H,1-4H3,(H,27,31)/t13-,21+/m1/s1. The smallest absolute Gasteiger partial charge is 0.434 e. The molecule has 36 heavy (non-hydrogen) atoms. The Morgan fingerprint density at radius 1 is 1.25 bits per heavy atom. The van der Waals surface area contributed by atoms with Gasteiger partial charge in [0, 0.05) is 35.8 Å². The first-order valence-corrected chi connectivity index (χ1v) is 12.6. The Morgan fingerprint density at radius 3 is 2.61 bits per heavy atom. The molecule has 0 saturated heterocycles. The number of benzene rings is 2. The lowest BCUT2D eigenvalue weighted by atomic mass is 9.87. The fraction of sp³-hybridized carbons (Fsp3) is 0.261. The van der Waals surface area contributed by atoms with Crippen LogP contribution in [0.25, 0.3) is 11.3 Å². The predicted molar refractivity (Wildman–Crippen MR) is 130 cm³/mol. The Bertz CT molecular complexity index is 1580. The van der Waals surface area contributed by atoms with Gasteiger partial charge in [-0.3, -0.25) is 4.68 Å². The number of aromatic amines is 1. The molecule has 0 aliphatic rings. The quantitative estimate of drug-likeness (QED) is 0.351. The lowest BCUT2D eigenvalue weighted by molar-refractivity contribution is 0.374. The molecule has 0 fully saturated rings. The summed E-state index contributed by atoms with van der Waals surface area (Å²) in [7, 11) is -1.21. The van der Waals surface area contributed by atoms with Crippen LogP contribution in [0.5, 0.6) is 5.75 Å². The Labute approximate surface area is 211 Å². The lowest BCUT2D eigenvalue weighted by Crippen LogP contribution is -2.33. The van der Waals surface area contributed by atoms with Gasteiger partial charge in [0.05, 0.1) is 12.8 Å². The van der Waals surface area contributed by atoms with Crippen LogP contribution in [0.15, 0.2) is 56.7 Å². The summed E-state index contributed by atoms with van der Waals surface area (Å²) in [4.78, 5) is 11.5. The number of H-pyrrole nitrogens is 1. The molecule has 0 radical (unpaired) electrons. The van der Waals surface area contributed by atoms with Gasteiger partial charge in [-0.25, -0.2) is 22.7 Å². The number of nitrogens with zero attached hydrogens (tertiary/aromatic N) is 3. The third kappa shape index (κ3) is 4.92. The summed E-state index contributed by atoms with van der Waals surface area (Å²) < 4.78 is 56.5. The monoisotopic (exact) mass is 535 g/mol. The van der Waals surface area contributed by atoms with E-state index in [4.69, 9.17) is 20.8 Å². The summed E-state index contributed by atoms with van der Waals surface area (Å²) in [6, 6.07) is 7.44. The Morgan fingerprint density at radius 2 is 2.00 bits per heavy atom. The molecule has 0 aliphatic carbocycles. The van der Waals surface area contributed by atoms with Crippen molar-refractivity contribution in [2.75, 3.05) is 7.11 Å². The van der Waals surface area contributed by atoms with Crippen LogP contribution >= 0.6 is 11.6 Å². The molecule has 2 N–H and O–H groups in total. The summed E-state index contributed by atoms with van der Waals surface area (Å²) in [6.45, 7) is 3.32.